The standard InChI is InChI=1S/C14H14ClNS2/c1-4-14(2,3)16-13(10-6-5-9-17-10)11-7-8-12(15)18-11/h1,5-9,13,16H,2-3H3. The van der Waals surface area contributed by atoms with Gasteiger partial charge in [0.1, 0.15) is 0 Å². The molecule has 0 bridgehead atoms. The third-order valence-electron chi connectivity index (χ3n) is 2.57. The van der Waals surface area contributed by atoms with E-state index in [0.29, 0.717) is 0 Å². The second kappa shape index (κ2) is 5.46. The quantitative estimate of drug-likeness (QED) is 0.816. The molecule has 2 aromatic heterocycles. The van der Waals surface area contributed by atoms with Crippen LogP contribution in [0.25, 0.3) is 0 Å². The molecule has 0 aliphatic rings. The Balaban J connectivity index is 2.33. The van der Waals surface area contributed by atoms with Gasteiger partial charge >= 0.3 is 0 Å². The monoisotopic (exact) mass is 295 g/mol. The topological polar surface area (TPSA) is 12.0 Å². The number of nitrogens with one attached hydrogen (secondary N) is 1. The average Bonchev–Trinajstić information content (AvgIpc) is 2.97. The van der Waals surface area contributed by atoms with Crippen LogP contribution in [-0.4, -0.2) is 5.54 Å². The second-order valence-corrected chi connectivity index (χ2v) is 7.23. The summed E-state index contributed by atoms with van der Waals surface area (Å²) >= 11 is 9.33. The van der Waals surface area contributed by atoms with Crippen LogP contribution in [0.1, 0.15) is 29.6 Å². The van der Waals surface area contributed by atoms with Gasteiger partial charge in [0.2, 0.25) is 0 Å². The van der Waals surface area contributed by atoms with E-state index in [0.717, 1.165) is 4.34 Å². The third kappa shape index (κ3) is 3.15. The lowest BCUT2D eigenvalue weighted by atomic mass is 10.0. The largest absolute Gasteiger partial charge is 0.289 e. The smallest absolute Gasteiger partial charge is 0.0931 e. The summed E-state index contributed by atoms with van der Waals surface area (Å²) in [5, 5.41) is 5.57. The zero-order valence-electron chi connectivity index (χ0n) is 10.2. The van der Waals surface area contributed by atoms with Crippen molar-refractivity contribution in [2.75, 3.05) is 0 Å². The zero-order chi connectivity index (χ0) is 13.2. The Hall–Kier alpha value is -0.790. The van der Waals surface area contributed by atoms with Crippen LogP contribution in [0.2, 0.25) is 4.34 Å². The maximum absolute atomic E-state index is 6.02. The van der Waals surface area contributed by atoms with Crippen molar-refractivity contribution in [1.82, 2.24) is 5.32 Å². The highest BCUT2D eigenvalue weighted by Gasteiger charge is 2.24. The molecule has 4 heteroatoms. The Kier molecular flexibility index (Phi) is 4.14. The molecule has 0 fully saturated rings. The van der Waals surface area contributed by atoms with Crippen molar-refractivity contribution in [3.05, 3.63) is 43.7 Å². The van der Waals surface area contributed by atoms with E-state index >= 15 is 0 Å². The Morgan fingerprint density at radius 3 is 2.61 bits per heavy atom. The molecule has 94 valence electrons. The van der Waals surface area contributed by atoms with E-state index in [-0.39, 0.29) is 11.6 Å². The van der Waals surface area contributed by atoms with Crippen LogP contribution in [0.3, 0.4) is 0 Å². The predicted octanol–water partition coefficient (Wildman–Crippen LogP) is 4.55. The molecule has 18 heavy (non-hydrogen) atoms. The molecular formula is C14H14ClNS2. The van der Waals surface area contributed by atoms with Gasteiger partial charge in [0.25, 0.3) is 0 Å². The molecule has 1 atom stereocenters. The summed E-state index contributed by atoms with van der Waals surface area (Å²) in [7, 11) is 0. The summed E-state index contributed by atoms with van der Waals surface area (Å²) in [6, 6.07) is 8.24. The highest BCUT2D eigenvalue weighted by atomic mass is 35.5. The Labute approximate surface area is 121 Å². The van der Waals surface area contributed by atoms with Crippen LogP contribution in [0, 0.1) is 12.3 Å². The van der Waals surface area contributed by atoms with E-state index < -0.39 is 0 Å². The van der Waals surface area contributed by atoms with Crippen molar-refractivity contribution in [3.63, 3.8) is 0 Å². The third-order valence-corrected chi connectivity index (χ3v) is 4.81. The van der Waals surface area contributed by atoms with Crippen LogP contribution in [0.15, 0.2) is 29.6 Å². The fourth-order valence-corrected chi connectivity index (χ4v) is 3.62. The minimum absolute atomic E-state index is 0.105. The Morgan fingerprint density at radius 1 is 1.33 bits per heavy atom. The molecule has 0 aliphatic heterocycles. The highest BCUT2D eigenvalue weighted by molar-refractivity contribution is 7.16. The fourth-order valence-electron chi connectivity index (χ4n) is 1.62. The highest BCUT2D eigenvalue weighted by Crippen LogP contribution is 2.34. The van der Waals surface area contributed by atoms with Gasteiger partial charge in [-0.1, -0.05) is 23.6 Å². The molecule has 1 nitrogen and oxygen atoms in total. The van der Waals surface area contributed by atoms with Crippen molar-refractivity contribution < 1.29 is 0 Å². The first-order chi connectivity index (χ1) is 8.52. The molecule has 0 aromatic carbocycles. The summed E-state index contributed by atoms with van der Waals surface area (Å²) < 4.78 is 0.798. The van der Waals surface area contributed by atoms with Crippen molar-refractivity contribution in [2.24, 2.45) is 0 Å². The van der Waals surface area contributed by atoms with Gasteiger partial charge in [-0.2, -0.15) is 0 Å². The summed E-state index contributed by atoms with van der Waals surface area (Å²) in [4.78, 5) is 2.43. The molecule has 1 unspecified atom stereocenters. The van der Waals surface area contributed by atoms with Crippen LogP contribution in [0.5, 0.6) is 0 Å². The van der Waals surface area contributed by atoms with Gasteiger partial charge in [-0.05, 0) is 37.4 Å². The first kappa shape index (κ1) is 13.6. The first-order valence-corrected chi connectivity index (χ1v) is 7.63. The van der Waals surface area contributed by atoms with Gasteiger partial charge < -0.3 is 0 Å². The average molecular weight is 296 g/mol. The summed E-state index contributed by atoms with van der Waals surface area (Å²) in [6.45, 7) is 4.01. The molecule has 1 N–H and O–H groups in total. The fraction of sp³-hybridized carbons (Fsp3) is 0.286. The molecule has 0 saturated carbocycles. The first-order valence-electron chi connectivity index (χ1n) is 5.56. The van der Waals surface area contributed by atoms with E-state index in [1.807, 2.05) is 26.0 Å². The molecule has 2 rings (SSSR count). The van der Waals surface area contributed by atoms with Gasteiger partial charge in [0, 0.05) is 9.75 Å². The van der Waals surface area contributed by atoms with E-state index in [1.54, 1.807) is 22.7 Å². The maximum atomic E-state index is 6.02. The number of halogens is 1. The van der Waals surface area contributed by atoms with Crippen molar-refractivity contribution in [1.29, 1.82) is 0 Å². The van der Waals surface area contributed by atoms with Gasteiger partial charge in [-0.25, -0.2) is 0 Å². The molecule has 0 spiro atoms. The molecule has 0 amide bonds. The lowest BCUT2D eigenvalue weighted by molar-refractivity contribution is 0.455. The van der Waals surface area contributed by atoms with Gasteiger partial charge in [-0.15, -0.1) is 29.1 Å². The second-order valence-electron chi connectivity index (χ2n) is 4.50. The number of hydrogen-bond acceptors (Lipinski definition) is 3. The number of thiophene rings is 2. The summed E-state index contributed by atoms with van der Waals surface area (Å²) in [5.41, 5.74) is -0.356. The number of terminal acetylenes is 1. The van der Waals surface area contributed by atoms with E-state index in [1.165, 1.54) is 9.75 Å². The predicted molar refractivity (Wildman–Crippen MR) is 81.5 cm³/mol. The maximum Gasteiger partial charge on any atom is 0.0931 e. The van der Waals surface area contributed by atoms with E-state index in [2.05, 4.69) is 28.8 Å². The summed E-state index contributed by atoms with van der Waals surface area (Å²) in [5.74, 6) is 2.78. The van der Waals surface area contributed by atoms with Crippen LogP contribution < -0.4 is 5.32 Å². The molecule has 0 radical (unpaired) electrons. The lowest BCUT2D eigenvalue weighted by Gasteiger charge is -2.26. The van der Waals surface area contributed by atoms with Crippen LogP contribution >= 0.6 is 34.3 Å². The van der Waals surface area contributed by atoms with Gasteiger partial charge in [0.15, 0.2) is 0 Å². The zero-order valence-corrected chi connectivity index (χ0v) is 12.6. The van der Waals surface area contributed by atoms with E-state index in [9.17, 15) is 0 Å². The van der Waals surface area contributed by atoms with Gasteiger partial charge in [0.05, 0.1) is 15.9 Å². The van der Waals surface area contributed by atoms with Crippen molar-refractivity contribution in [3.8, 4) is 12.3 Å². The van der Waals surface area contributed by atoms with Crippen molar-refractivity contribution >= 4 is 34.3 Å². The molecular weight excluding hydrogens is 282 g/mol. The molecule has 2 heterocycles. The SMILES string of the molecule is C#CC(C)(C)NC(c1cccs1)c1ccc(Cl)s1. The van der Waals surface area contributed by atoms with Crippen LogP contribution in [0.4, 0.5) is 0 Å². The Morgan fingerprint density at radius 2 is 2.11 bits per heavy atom. The lowest BCUT2D eigenvalue weighted by Crippen LogP contribution is -2.40. The van der Waals surface area contributed by atoms with Crippen LogP contribution in [-0.2, 0) is 0 Å². The number of hydrogen-bond donors (Lipinski definition) is 1. The molecule has 0 saturated heterocycles. The minimum Gasteiger partial charge on any atom is -0.289 e. The van der Waals surface area contributed by atoms with Gasteiger partial charge in [-0.3, -0.25) is 5.32 Å². The molecule has 0 aliphatic carbocycles. The summed E-state index contributed by atoms with van der Waals surface area (Å²) in [6.07, 6.45) is 5.56. The molecule has 2 aromatic rings. The normalized spacial score (nSPS) is 13.2. The minimum atomic E-state index is -0.356. The van der Waals surface area contributed by atoms with Crippen molar-refractivity contribution in [2.45, 2.75) is 25.4 Å². The number of rotatable bonds is 4. The Bertz CT molecular complexity index is 549. The van der Waals surface area contributed by atoms with E-state index in [4.69, 9.17) is 18.0 Å².